The average Bonchev–Trinajstić information content (AvgIpc) is 2.96. The maximum absolute atomic E-state index is 13.5. The standard InChI is InChI=1S/C29H28N4O4S/c1-32(24-11-5-3-6-12-24)25-19-17-23(18-20-25)21-30-31-29(34)22-33(27-15-9-10-16-28(27)37-2)38(35,36)26-13-7-4-8-14-26/h3-21H,22H2,1-2H3,(H,31,34)/b30-21+. The number of amides is 1. The van der Waals surface area contributed by atoms with Crippen LogP contribution in [-0.4, -0.2) is 41.2 Å². The molecule has 0 radical (unpaired) electrons. The molecule has 0 bridgehead atoms. The number of carbonyl (C=O) groups is 1. The number of methoxy groups -OCH3 is 1. The van der Waals surface area contributed by atoms with Crippen molar-refractivity contribution < 1.29 is 17.9 Å². The average molecular weight is 529 g/mol. The van der Waals surface area contributed by atoms with Crippen LogP contribution in [-0.2, 0) is 14.8 Å². The lowest BCUT2D eigenvalue weighted by atomic mass is 10.2. The normalized spacial score (nSPS) is 11.2. The fourth-order valence-electron chi connectivity index (χ4n) is 3.78. The molecule has 8 nitrogen and oxygen atoms in total. The molecule has 0 saturated carbocycles. The Hall–Kier alpha value is -4.63. The number of sulfonamides is 1. The Bertz CT molecular complexity index is 1490. The zero-order valence-electron chi connectivity index (χ0n) is 21.1. The number of hydrogen-bond donors (Lipinski definition) is 1. The van der Waals surface area contributed by atoms with E-state index >= 15 is 0 Å². The Labute approximate surface area is 222 Å². The summed E-state index contributed by atoms with van der Waals surface area (Å²) < 4.78 is 33.3. The van der Waals surface area contributed by atoms with E-state index in [1.165, 1.54) is 25.5 Å². The highest BCUT2D eigenvalue weighted by Gasteiger charge is 2.29. The molecule has 9 heteroatoms. The lowest BCUT2D eigenvalue weighted by Crippen LogP contribution is -2.39. The van der Waals surface area contributed by atoms with Gasteiger partial charge in [-0.05, 0) is 54.1 Å². The molecule has 0 saturated heterocycles. The van der Waals surface area contributed by atoms with Crippen molar-refractivity contribution in [2.75, 3.05) is 29.9 Å². The van der Waals surface area contributed by atoms with Gasteiger partial charge in [-0.15, -0.1) is 0 Å². The highest BCUT2D eigenvalue weighted by molar-refractivity contribution is 7.92. The van der Waals surface area contributed by atoms with Gasteiger partial charge >= 0.3 is 0 Å². The molecule has 4 rings (SSSR count). The van der Waals surface area contributed by atoms with E-state index in [9.17, 15) is 13.2 Å². The molecule has 1 amide bonds. The van der Waals surface area contributed by atoms with E-state index in [-0.39, 0.29) is 10.6 Å². The molecule has 0 heterocycles. The van der Waals surface area contributed by atoms with E-state index in [1.54, 1.807) is 42.5 Å². The van der Waals surface area contributed by atoms with E-state index in [1.807, 2.05) is 61.6 Å². The van der Waals surface area contributed by atoms with Gasteiger partial charge in [0.2, 0.25) is 0 Å². The van der Waals surface area contributed by atoms with Gasteiger partial charge in [-0.3, -0.25) is 9.10 Å². The van der Waals surface area contributed by atoms with Gasteiger partial charge in [-0.1, -0.05) is 60.7 Å². The number of rotatable bonds is 10. The van der Waals surface area contributed by atoms with Gasteiger partial charge in [-0.25, -0.2) is 13.8 Å². The third kappa shape index (κ3) is 6.19. The van der Waals surface area contributed by atoms with E-state index in [0.29, 0.717) is 5.75 Å². The van der Waals surface area contributed by atoms with E-state index < -0.39 is 22.5 Å². The second-order valence-corrected chi connectivity index (χ2v) is 10.1. The fourth-order valence-corrected chi connectivity index (χ4v) is 5.24. The van der Waals surface area contributed by atoms with Crippen molar-refractivity contribution in [3.05, 3.63) is 115 Å². The number of nitrogens with zero attached hydrogens (tertiary/aromatic N) is 3. The number of carbonyl (C=O) groups excluding carboxylic acids is 1. The number of hydrogen-bond acceptors (Lipinski definition) is 6. The fraction of sp³-hybridized carbons (Fsp3) is 0.103. The molecule has 38 heavy (non-hydrogen) atoms. The van der Waals surface area contributed by atoms with Gasteiger partial charge in [0, 0.05) is 18.4 Å². The van der Waals surface area contributed by atoms with Crippen molar-refractivity contribution in [1.82, 2.24) is 5.43 Å². The van der Waals surface area contributed by atoms with E-state index in [4.69, 9.17) is 4.74 Å². The van der Waals surface area contributed by atoms with Crippen molar-refractivity contribution in [3.63, 3.8) is 0 Å². The zero-order chi connectivity index (χ0) is 27.0. The third-order valence-corrected chi connectivity index (χ3v) is 7.57. The molecule has 4 aromatic carbocycles. The molecule has 1 N–H and O–H groups in total. The molecule has 0 spiro atoms. The predicted molar refractivity (Wildman–Crippen MR) is 151 cm³/mol. The van der Waals surface area contributed by atoms with Gasteiger partial charge in [0.05, 0.1) is 23.9 Å². The quantitative estimate of drug-likeness (QED) is 0.236. The maximum atomic E-state index is 13.5. The van der Waals surface area contributed by atoms with Crippen molar-refractivity contribution in [2.45, 2.75) is 4.90 Å². The monoisotopic (exact) mass is 528 g/mol. The topological polar surface area (TPSA) is 91.3 Å². The van der Waals surface area contributed by atoms with Gasteiger partial charge in [0.25, 0.3) is 15.9 Å². The summed E-state index contributed by atoms with van der Waals surface area (Å²) in [6, 6.07) is 32.2. The Balaban J connectivity index is 1.48. The first-order valence-corrected chi connectivity index (χ1v) is 13.3. The van der Waals surface area contributed by atoms with Crippen LogP contribution in [0.1, 0.15) is 5.56 Å². The van der Waals surface area contributed by atoms with Crippen LogP contribution in [0.2, 0.25) is 0 Å². The highest BCUT2D eigenvalue weighted by Crippen LogP contribution is 2.32. The van der Waals surface area contributed by atoms with Crippen LogP contribution >= 0.6 is 0 Å². The summed E-state index contributed by atoms with van der Waals surface area (Å²) in [5.74, 6) is -0.282. The molecule has 194 valence electrons. The first-order valence-electron chi connectivity index (χ1n) is 11.8. The molecule has 0 aliphatic rings. The summed E-state index contributed by atoms with van der Waals surface area (Å²) in [4.78, 5) is 14.9. The summed E-state index contributed by atoms with van der Waals surface area (Å²) in [6.45, 7) is -0.490. The molecule has 0 aliphatic carbocycles. The molecule has 0 aromatic heterocycles. The van der Waals surface area contributed by atoms with Crippen LogP contribution < -0.4 is 19.4 Å². The van der Waals surface area contributed by atoms with Gasteiger partial charge in [0.15, 0.2) is 0 Å². The summed E-state index contributed by atoms with van der Waals surface area (Å²) in [5.41, 5.74) is 5.51. The Kier molecular flexibility index (Phi) is 8.40. The van der Waals surface area contributed by atoms with Crippen LogP contribution in [0, 0.1) is 0 Å². The lowest BCUT2D eigenvalue weighted by molar-refractivity contribution is -0.119. The number of nitrogens with one attached hydrogen (secondary N) is 1. The van der Waals surface area contributed by atoms with Gasteiger partial charge < -0.3 is 9.64 Å². The Morgan fingerprint density at radius 1 is 0.842 bits per heavy atom. The smallest absolute Gasteiger partial charge is 0.264 e. The summed E-state index contributed by atoms with van der Waals surface area (Å²) >= 11 is 0. The molecule has 0 atom stereocenters. The van der Waals surface area contributed by atoms with E-state index in [0.717, 1.165) is 21.2 Å². The number of anilines is 3. The van der Waals surface area contributed by atoms with Crippen molar-refractivity contribution in [1.29, 1.82) is 0 Å². The van der Waals surface area contributed by atoms with Crippen LogP contribution in [0.25, 0.3) is 0 Å². The third-order valence-electron chi connectivity index (χ3n) is 5.80. The number of hydrazone groups is 1. The van der Waals surface area contributed by atoms with Crippen molar-refractivity contribution in [2.24, 2.45) is 5.10 Å². The molecular weight excluding hydrogens is 500 g/mol. The first-order chi connectivity index (χ1) is 18.4. The highest BCUT2D eigenvalue weighted by atomic mass is 32.2. The minimum Gasteiger partial charge on any atom is -0.495 e. The minimum atomic E-state index is -4.06. The van der Waals surface area contributed by atoms with Crippen LogP contribution in [0.15, 0.2) is 119 Å². The Morgan fingerprint density at radius 3 is 2.08 bits per heavy atom. The SMILES string of the molecule is COc1ccccc1N(CC(=O)N/N=C/c1ccc(N(C)c2ccccc2)cc1)S(=O)(=O)c1ccccc1. The van der Waals surface area contributed by atoms with Crippen LogP contribution in [0.4, 0.5) is 17.1 Å². The van der Waals surface area contributed by atoms with E-state index in [2.05, 4.69) is 15.4 Å². The summed E-state index contributed by atoms with van der Waals surface area (Å²) in [5, 5.41) is 4.03. The molecule has 0 aliphatic heterocycles. The van der Waals surface area contributed by atoms with Gasteiger partial charge in [0.1, 0.15) is 12.3 Å². The van der Waals surface area contributed by atoms with Crippen molar-refractivity contribution >= 4 is 39.2 Å². The van der Waals surface area contributed by atoms with Crippen molar-refractivity contribution in [3.8, 4) is 5.75 Å². The largest absolute Gasteiger partial charge is 0.495 e. The summed E-state index contributed by atoms with van der Waals surface area (Å²) in [7, 11) is -0.633. The second kappa shape index (κ2) is 12.1. The zero-order valence-corrected chi connectivity index (χ0v) is 21.9. The predicted octanol–water partition coefficient (Wildman–Crippen LogP) is 4.81. The Morgan fingerprint density at radius 2 is 1.42 bits per heavy atom. The van der Waals surface area contributed by atoms with Crippen LogP contribution in [0.5, 0.6) is 5.75 Å². The van der Waals surface area contributed by atoms with Crippen LogP contribution in [0.3, 0.4) is 0 Å². The molecule has 4 aromatic rings. The molecule has 0 unspecified atom stereocenters. The molecular formula is C29H28N4O4S. The summed E-state index contributed by atoms with van der Waals surface area (Å²) in [6.07, 6.45) is 1.50. The molecule has 0 fully saturated rings. The lowest BCUT2D eigenvalue weighted by Gasteiger charge is -2.25. The second-order valence-electron chi connectivity index (χ2n) is 8.28. The van der Waals surface area contributed by atoms with Gasteiger partial charge in [-0.2, -0.15) is 5.10 Å². The number of ether oxygens (including phenoxy) is 1. The number of para-hydroxylation sites is 3. The number of benzene rings is 4. The maximum Gasteiger partial charge on any atom is 0.264 e. The first kappa shape index (κ1) is 26.4. The minimum absolute atomic E-state index is 0.0581.